The average Bonchev–Trinajstić information content (AvgIpc) is 3.15. The number of anilines is 1. The summed E-state index contributed by atoms with van der Waals surface area (Å²) in [7, 11) is -3.90. The van der Waals surface area contributed by atoms with Gasteiger partial charge in [0.05, 0.1) is 5.02 Å². The lowest BCUT2D eigenvalue weighted by atomic mass is 10.1. The van der Waals surface area contributed by atoms with Gasteiger partial charge in [-0.3, -0.25) is 14.4 Å². The van der Waals surface area contributed by atoms with E-state index in [1.807, 2.05) is 0 Å². The highest BCUT2D eigenvalue weighted by atomic mass is 35.5. The number of carbonyl (C=O) groups excluding carboxylic acids is 1. The van der Waals surface area contributed by atoms with Gasteiger partial charge in [0.25, 0.3) is 15.9 Å². The van der Waals surface area contributed by atoms with Crippen LogP contribution in [0.2, 0.25) is 10.0 Å². The van der Waals surface area contributed by atoms with Gasteiger partial charge in [-0.1, -0.05) is 30.1 Å². The second-order valence-corrected chi connectivity index (χ2v) is 9.39. The molecule has 0 aromatic heterocycles. The fraction of sp³-hybridized carbons (Fsp3) is 0.350. The van der Waals surface area contributed by atoms with Crippen molar-refractivity contribution < 1.29 is 13.2 Å². The van der Waals surface area contributed by atoms with Crippen LogP contribution >= 0.6 is 23.2 Å². The fourth-order valence-corrected chi connectivity index (χ4v) is 5.26. The van der Waals surface area contributed by atoms with E-state index in [-0.39, 0.29) is 20.8 Å². The Morgan fingerprint density at radius 1 is 1.17 bits per heavy atom. The second kappa shape index (κ2) is 9.34. The molecule has 2 aromatic carbocycles. The van der Waals surface area contributed by atoms with Gasteiger partial charge in [-0.25, -0.2) is 8.42 Å². The number of nitrogens with zero attached hydrogens (tertiary/aromatic N) is 1. The molecule has 1 atom stereocenters. The Morgan fingerprint density at radius 2 is 1.90 bits per heavy atom. The minimum absolute atomic E-state index is 0.0749. The van der Waals surface area contributed by atoms with E-state index in [2.05, 4.69) is 21.9 Å². The van der Waals surface area contributed by atoms with Crippen molar-refractivity contribution in [1.82, 2.24) is 10.2 Å². The summed E-state index contributed by atoms with van der Waals surface area (Å²) >= 11 is 11.9. The standard InChI is InChI=1S/C20H23Cl2N3O3S/c1-2-25-11-3-4-17(25)13-23-20(26)14-5-8-16(9-6-14)24-29(27,28)19-12-15(21)7-10-18(19)22/h5-10,12,17,24H,2-4,11,13H2,1H3,(H,23,26). The highest BCUT2D eigenvalue weighted by Crippen LogP contribution is 2.27. The van der Waals surface area contributed by atoms with Crippen LogP contribution in [0.4, 0.5) is 5.69 Å². The Morgan fingerprint density at radius 3 is 2.59 bits per heavy atom. The molecule has 0 saturated carbocycles. The third kappa shape index (κ3) is 5.42. The number of hydrogen-bond donors (Lipinski definition) is 2. The van der Waals surface area contributed by atoms with Gasteiger partial charge in [0.2, 0.25) is 0 Å². The molecule has 0 aliphatic carbocycles. The van der Waals surface area contributed by atoms with E-state index in [0.717, 1.165) is 25.9 Å². The van der Waals surface area contributed by atoms with Crippen molar-refractivity contribution in [3.63, 3.8) is 0 Å². The fourth-order valence-electron chi connectivity index (χ4n) is 3.44. The van der Waals surface area contributed by atoms with E-state index < -0.39 is 10.0 Å². The summed E-state index contributed by atoms with van der Waals surface area (Å²) in [6.07, 6.45) is 2.24. The van der Waals surface area contributed by atoms with Crippen LogP contribution < -0.4 is 10.0 Å². The minimum atomic E-state index is -3.90. The molecule has 1 unspecified atom stereocenters. The summed E-state index contributed by atoms with van der Waals surface area (Å²) < 4.78 is 27.6. The first-order chi connectivity index (χ1) is 13.8. The molecule has 1 aliphatic rings. The van der Waals surface area contributed by atoms with Gasteiger partial charge in [-0.2, -0.15) is 0 Å². The molecule has 6 nitrogen and oxygen atoms in total. The number of amides is 1. The zero-order valence-electron chi connectivity index (χ0n) is 16.0. The highest BCUT2D eigenvalue weighted by molar-refractivity contribution is 7.92. The van der Waals surface area contributed by atoms with Crippen LogP contribution in [-0.2, 0) is 10.0 Å². The zero-order valence-corrected chi connectivity index (χ0v) is 18.3. The van der Waals surface area contributed by atoms with Crippen molar-refractivity contribution in [2.45, 2.75) is 30.7 Å². The first kappa shape index (κ1) is 21.9. The normalized spacial score (nSPS) is 17.3. The lowest BCUT2D eigenvalue weighted by molar-refractivity contribution is 0.0941. The van der Waals surface area contributed by atoms with Gasteiger partial charge < -0.3 is 5.32 Å². The summed E-state index contributed by atoms with van der Waals surface area (Å²) in [5.41, 5.74) is 0.792. The van der Waals surface area contributed by atoms with Crippen molar-refractivity contribution >= 4 is 44.8 Å². The lowest BCUT2D eigenvalue weighted by Crippen LogP contribution is -2.40. The summed E-state index contributed by atoms with van der Waals surface area (Å²) in [5, 5.41) is 3.31. The summed E-state index contributed by atoms with van der Waals surface area (Å²) in [4.78, 5) is 14.7. The number of benzene rings is 2. The molecule has 1 heterocycles. The van der Waals surface area contributed by atoms with Gasteiger partial charge in [-0.15, -0.1) is 0 Å². The van der Waals surface area contributed by atoms with Gasteiger partial charge in [0.1, 0.15) is 4.90 Å². The number of likely N-dealkylation sites (tertiary alicyclic amines) is 1. The molecule has 1 aliphatic heterocycles. The predicted molar refractivity (Wildman–Crippen MR) is 116 cm³/mol. The Kier molecular flexibility index (Phi) is 7.05. The van der Waals surface area contributed by atoms with Gasteiger partial charge in [0.15, 0.2) is 0 Å². The maximum atomic E-state index is 12.6. The first-order valence-corrected chi connectivity index (χ1v) is 11.6. The maximum absolute atomic E-state index is 12.6. The Balaban J connectivity index is 1.63. The molecule has 9 heteroatoms. The smallest absolute Gasteiger partial charge is 0.263 e. The highest BCUT2D eigenvalue weighted by Gasteiger charge is 2.23. The molecule has 0 radical (unpaired) electrons. The quantitative estimate of drug-likeness (QED) is 0.660. The molecule has 2 aromatic rings. The van der Waals surface area contributed by atoms with Crippen molar-refractivity contribution in [2.75, 3.05) is 24.4 Å². The van der Waals surface area contributed by atoms with Crippen LogP contribution in [0.1, 0.15) is 30.1 Å². The van der Waals surface area contributed by atoms with Crippen LogP contribution in [0.15, 0.2) is 47.4 Å². The van der Waals surface area contributed by atoms with Crippen LogP contribution in [0, 0.1) is 0 Å². The molecule has 156 valence electrons. The van der Waals surface area contributed by atoms with Crippen LogP contribution in [-0.4, -0.2) is 44.9 Å². The third-order valence-corrected chi connectivity index (χ3v) is 7.08. The number of halogens is 2. The monoisotopic (exact) mass is 455 g/mol. The molecule has 0 bridgehead atoms. The van der Waals surface area contributed by atoms with Crippen LogP contribution in [0.3, 0.4) is 0 Å². The van der Waals surface area contributed by atoms with E-state index in [0.29, 0.717) is 23.8 Å². The van der Waals surface area contributed by atoms with Crippen molar-refractivity contribution in [2.24, 2.45) is 0 Å². The summed E-state index contributed by atoms with van der Waals surface area (Å²) in [6, 6.07) is 10.8. The molecule has 2 N–H and O–H groups in total. The lowest BCUT2D eigenvalue weighted by Gasteiger charge is -2.22. The largest absolute Gasteiger partial charge is 0.350 e. The van der Waals surface area contributed by atoms with Crippen LogP contribution in [0.25, 0.3) is 0 Å². The maximum Gasteiger partial charge on any atom is 0.263 e. The number of rotatable bonds is 7. The topological polar surface area (TPSA) is 78.5 Å². The minimum Gasteiger partial charge on any atom is -0.350 e. The molecule has 0 spiro atoms. The Labute approximate surface area is 181 Å². The van der Waals surface area contributed by atoms with E-state index in [1.165, 1.54) is 18.2 Å². The molecular formula is C20H23Cl2N3O3S. The number of likely N-dealkylation sites (N-methyl/N-ethyl adjacent to an activating group) is 1. The van der Waals surface area contributed by atoms with Gasteiger partial charge in [-0.05, 0) is 68.4 Å². The Bertz CT molecular complexity index is 981. The molecule has 1 amide bonds. The second-order valence-electron chi connectivity index (χ2n) is 6.89. The summed E-state index contributed by atoms with van der Waals surface area (Å²) in [5.74, 6) is -0.180. The average molecular weight is 456 g/mol. The Hall–Kier alpha value is -1.80. The molecular weight excluding hydrogens is 433 g/mol. The molecule has 1 fully saturated rings. The van der Waals surface area contributed by atoms with E-state index in [9.17, 15) is 13.2 Å². The van der Waals surface area contributed by atoms with E-state index in [4.69, 9.17) is 23.2 Å². The van der Waals surface area contributed by atoms with E-state index >= 15 is 0 Å². The van der Waals surface area contributed by atoms with Crippen molar-refractivity contribution in [1.29, 1.82) is 0 Å². The SMILES string of the molecule is CCN1CCCC1CNC(=O)c1ccc(NS(=O)(=O)c2cc(Cl)ccc2Cl)cc1. The van der Waals surface area contributed by atoms with Gasteiger partial charge >= 0.3 is 0 Å². The number of nitrogens with one attached hydrogen (secondary N) is 2. The third-order valence-electron chi connectivity index (χ3n) is 4.99. The number of carbonyl (C=O) groups is 1. The zero-order chi connectivity index (χ0) is 21.0. The van der Waals surface area contributed by atoms with Crippen LogP contribution in [0.5, 0.6) is 0 Å². The van der Waals surface area contributed by atoms with E-state index in [1.54, 1.807) is 24.3 Å². The number of sulfonamides is 1. The first-order valence-electron chi connectivity index (χ1n) is 9.40. The predicted octanol–water partition coefficient (Wildman–Crippen LogP) is 4.01. The molecule has 1 saturated heterocycles. The number of hydrogen-bond acceptors (Lipinski definition) is 4. The molecule has 3 rings (SSSR count). The van der Waals surface area contributed by atoms with Crippen molar-refractivity contribution in [3.05, 3.63) is 58.1 Å². The summed E-state index contributed by atoms with van der Waals surface area (Å²) in [6.45, 7) is 4.78. The molecule has 29 heavy (non-hydrogen) atoms. The van der Waals surface area contributed by atoms with Crippen molar-refractivity contribution in [3.8, 4) is 0 Å². The van der Waals surface area contributed by atoms with Gasteiger partial charge in [0, 0.05) is 28.9 Å².